The number of nitrogens with one attached hydrogen (secondary N) is 1. The molecule has 1 aliphatic heterocycles. The zero-order valence-electron chi connectivity index (χ0n) is 11.9. The molecule has 1 aliphatic rings. The fraction of sp³-hybridized carbons (Fsp3) is 0.615. The van der Waals surface area contributed by atoms with Gasteiger partial charge in [0.1, 0.15) is 12.1 Å². The number of carbonyl (C=O) groups excluding carboxylic acids is 2. The lowest BCUT2D eigenvalue weighted by molar-refractivity contribution is -0.143. The van der Waals surface area contributed by atoms with Crippen LogP contribution in [-0.4, -0.2) is 46.1 Å². The molecule has 0 bridgehead atoms. The highest BCUT2D eigenvalue weighted by molar-refractivity contribution is 5.90. The maximum absolute atomic E-state index is 12.5. The third kappa shape index (κ3) is 2.82. The van der Waals surface area contributed by atoms with E-state index in [1.165, 1.54) is 0 Å². The van der Waals surface area contributed by atoms with E-state index in [1.807, 2.05) is 0 Å². The molecule has 2 amide bonds. The second-order valence-electron chi connectivity index (χ2n) is 5.08. The summed E-state index contributed by atoms with van der Waals surface area (Å²) in [5, 5.41) is 6.63. The number of hydrogen-bond acceptors (Lipinski definition) is 4. The van der Waals surface area contributed by atoms with Crippen molar-refractivity contribution in [3.05, 3.63) is 18.0 Å². The quantitative estimate of drug-likeness (QED) is 0.783. The van der Waals surface area contributed by atoms with Crippen LogP contribution < -0.4 is 11.1 Å². The Hall–Kier alpha value is -1.89. The van der Waals surface area contributed by atoms with Gasteiger partial charge in [-0.05, 0) is 19.3 Å². The van der Waals surface area contributed by atoms with E-state index >= 15 is 0 Å². The fourth-order valence-electron chi connectivity index (χ4n) is 2.56. The second-order valence-corrected chi connectivity index (χ2v) is 5.08. The Labute approximate surface area is 118 Å². The van der Waals surface area contributed by atoms with Crippen molar-refractivity contribution in [2.24, 2.45) is 12.8 Å². The largest absolute Gasteiger partial charge is 0.357 e. The van der Waals surface area contributed by atoms with Gasteiger partial charge in [-0.2, -0.15) is 5.10 Å². The van der Waals surface area contributed by atoms with Gasteiger partial charge >= 0.3 is 0 Å². The van der Waals surface area contributed by atoms with Gasteiger partial charge in [0.15, 0.2) is 0 Å². The Morgan fingerprint density at radius 2 is 2.25 bits per heavy atom. The molecule has 2 rings (SSSR count). The molecule has 0 aromatic carbocycles. The first-order chi connectivity index (χ1) is 9.54. The Morgan fingerprint density at radius 1 is 1.50 bits per heavy atom. The summed E-state index contributed by atoms with van der Waals surface area (Å²) in [5.41, 5.74) is 6.68. The molecule has 20 heavy (non-hydrogen) atoms. The molecule has 1 aromatic rings. The van der Waals surface area contributed by atoms with Gasteiger partial charge in [-0.25, -0.2) is 0 Å². The predicted octanol–water partition coefficient (Wildman–Crippen LogP) is -0.453. The molecule has 0 spiro atoms. The third-order valence-electron chi connectivity index (χ3n) is 3.68. The van der Waals surface area contributed by atoms with Crippen LogP contribution in [-0.2, 0) is 16.6 Å². The van der Waals surface area contributed by atoms with Gasteiger partial charge in [0.25, 0.3) is 0 Å². The van der Waals surface area contributed by atoms with Crippen LogP contribution in [0.1, 0.15) is 30.9 Å². The standard InChI is InChI=1S/C13H21N5O2/c1-15-12(19)10-5-3-4-6-18(10)13(20)11(14)9-7-16-17(2)8-9/h7-8,10-11H,3-6,14H2,1-2H3,(H,15,19). The molecule has 1 saturated heterocycles. The summed E-state index contributed by atoms with van der Waals surface area (Å²) in [4.78, 5) is 26.0. The summed E-state index contributed by atoms with van der Waals surface area (Å²) in [6.45, 7) is 0.574. The van der Waals surface area contributed by atoms with E-state index in [9.17, 15) is 9.59 Å². The normalized spacial score (nSPS) is 20.6. The van der Waals surface area contributed by atoms with Gasteiger partial charge < -0.3 is 16.0 Å². The third-order valence-corrected chi connectivity index (χ3v) is 3.68. The average Bonchev–Trinajstić information content (AvgIpc) is 2.91. The van der Waals surface area contributed by atoms with Crippen LogP contribution in [0.4, 0.5) is 0 Å². The summed E-state index contributed by atoms with van der Waals surface area (Å²) in [6, 6.07) is -1.18. The minimum Gasteiger partial charge on any atom is -0.357 e. The lowest BCUT2D eigenvalue weighted by Crippen LogP contribution is -2.53. The van der Waals surface area contributed by atoms with Crippen molar-refractivity contribution >= 4 is 11.8 Å². The monoisotopic (exact) mass is 279 g/mol. The van der Waals surface area contributed by atoms with E-state index in [4.69, 9.17) is 5.73 Å². The predicted molar refractivity (Wildman–Crippen MR) is 73.6 cm³/mol. The van der Waals surface area contributed by atoms with Gasteiger partial charge in [-0.1, -0.05) is 0 Å². The molecule has 0 aliphatic carbocycles. The maximum atomic E-state index is 12.5. The Balaban J connectivity index is 2.15. The molecule has 0 saturated carbocycles. The summed E-state index contributed by atoms with van der Waals surface area (Å²) < 4.78 is 1.61. The molecule has 0 radical (unpaired) electrons. The molecule has 7 heteroatoms. The number of rotatable bonds is 3. The van der Waals surface area contributed by atoms with Gasteiger partial charge in [-0.15, -0.1) is 0 Å². The highest BCUT2D eigenvalue weighted by Crippen LogP contribution is 2.21. The molecule has 1 fully saturated rings. The number of amides is 2. The number of likely N-dealkylation sites (N-methyl/N-ethyl adjacent to an activating group) is 1. The Morgan fingerprint density at radius 3 is 2.85 bits per heavy atom. The van der Waals surface area contributed by atoms with Gasteiger partial charge in [0, 0.05) is 32.4 Å². The first-order valence-corrected chi connectivity index (χ1v) is 6.80. The van der Waals surface area contributed by atoms with Gasteiger partial charge in [-0.3, -0.25) is 14.3 Å². The second kappa shape index (κ2) is 6.04. The summed E-state index contributed by atoms with van der Waals surface area (Å²) >= 11 is 0. The summed E-state index contributed by atoms with van der Waals surface area (Å²) in [7, 11) is 3.36. The van der Waals surface area contributed by atoms with Gasteiger partial charge in [0.2, 0.25) is 11.8 Å². The van der Waals surface area contributed by atoms with Crippen molar-refractivity contribution in [1.29, 1.82) is 0 Å². The van der Waals surface area contributed by atoms with E-state index in [-0.39, 0.29) is 11.8 Å². The van der Waals surface area contributed by atoms with Crippen molar-refractivity contribution < 1.29 is 9.59 Å². The van der Waals surface area contributed by atoms with E-state index < -0.39 is 12.1 Å². The molecule has 2 atom stereocenters. The lowest BCUT2D eigenvalue weighted by atomic mass is 9.99. The van der Waals surface area contributed by atoms with Crippen molar-refractivity contribution in [1.82, 2.24) is 20.0 Å². The van der Waals surface area contributed by atoms with Crippen LogP contribution >= 0.6 is 0 Å². The molecule has 7 nitrogen and oxygen atoms in total. The number of nitrogens with zero attached hydrogens (tertiary/aromatic N) is 3. The van der Waals surface area contributed by atoms with E-state index in [2.05, 4.69) is 10.4 Å². The molecule has 3 N–H and O–H groups in total. The number of aromatic nitrogens is 2. The molecule has 2 unspecified atom stereocenters. The van der Waals surface area contributed by atoms with Crippen molar-refractivity contribution in [2.75, 3.05) is 13.6 Å². The molecular formula is C13H21N5O2. The first-order valence-electron chi connectivity index (χ1n) is 6.80. The van der Waals surface area contributed by atoms with Crippen LogP contribution in [0, 0.1) is 0 Å². The van der Waals surface area contributed by atoms with Gasteiger partial charge in [0.05, 0.1) is 6.20 Å². The first kappa shape index (κ1) is 14.5. The zero-order valence-corrected chi connectivity index (χ0v) is 11.9. The minimum absolute atomic E-state index is 0.128. The van der Waals surface area contributed by atoms with E-state index in [0.29, 0.717) is 18.5 Å². The number of hydrogen-bond donors (Lipinski definition) is 2. The van der Waals surface area contributed by atoms with Crippen LogP contribution in [0.5, 0.6) is 0 Å². The van der Waals surface area contributed by atoms with E-state index in [0.717, 1.165) is 12.8 Å². The SMILES string of the molecule is CNC(=O)C1CCCCN1C(=O)C(N)c1cnn(C)c1. The Kier molecular flexibility index (Phi) is 4.39. The van der Waals surface area contributed by atoms with Crippen LogP contribution in [0.25, 0.3) is 0 Å². The topological polar surface area (TPSA) is 93.2 Å². The smallest absolute Gasteiger partial charge is 0.244 e. The molecule has 110 valence electrons. The number of piperidine rings is 1. The Bertz CT molecular complexity index is 499. The van der Waals surface area contributed by atoms with Crippen LogP contribution in [0.3, 0.4) is 0 Å². The molecule has 2 heterocycles. The van der Waals surface area contributed by atoms with Crippen molar-refractivity contribution in [2.45, 2.75) is 31.3 Å². The van der Waals surface area contributed by atoms with Crippen LogP contribution in [0.2, 0.25) is 0 Å². The zero-order chi connectivity index (χ0) is 14.7. The highest BCUT2D eigenvalue weighted by atomic mass is 16.2. The minimum atomic E-state index is -0.769. The maximum Gasteiger partial charge on any atom is 0.244 e. The molecule has 1 aromatic heterocycles. The van der Waals surface area contributed by atoms with Crippen molar-refractivity contribution in [3.8, 4) is 0 Å². The number of likely N-dealkylation sites (tertiary alicyclic amines) is 1. The summed E-state index contributed by atoms with van der Waals surface area (Å²) in [5.74, 6) is -0.345. The summed E-state index contributed by atoms with van der Waals surface area (Å²) in [6.07, 6.45) is 5.84. The number of aryl methyl sites for hydroxylation is 1. The number of nitrogens with two attached hydrogens (primary N) is 1. The lowest BCUT2D eigenvalue weighted by Gasteiger charge is -2.35. The van der Waals surface area contributed by atoms with E-state index in [1.54, 1.807) is 36.1 Å². The molecular weight excluding hydrogens is 258 g/mol. The van der Waals surface area contributed by atoms with Crippen LogP contribution in [0.15, 0.2) is 12.4 Å². The average molecular weight is 279 g/mol. The van der Waals surface area contributed by atoms with Crippen molar-refractivity contribution in [3.63, 3.8) is 0 Å². The number of carbonyl (C=O) groups is 2. The fourth-order valence-corrected chi connectivity index (χ4v) is 2.56. The highest BCUT2D eigenvalue weighted by Gasteiger charge is 2.34.